The molecule has 3 aromatic rings. The zero-order chi connectivity index (χ0) is 20.1. The number of benzene rings is 2. The minimum absolute atomic E-state index is 0.284. The molecule has 1 aromatic heterocycles. The molecule has 0 aliphatic heterocycles. The first-order valence-electron chi connectivity index (χ1n) is 9.90. The number of hydrogen-bond acceptors (Lipinski definition) is 2. The molecule has 0 aliphatic rings. The number of aryl methyl sites for hydroxylation is 1. The van der Waals surface area contributed by atoms with Gasteiger partial charge in [0.05, 0.1) is 6.61 Å². The highest BCUT2D eigenvalue weighted by molar-refractivity contribution is 7.80. The van der Waals surface area contributed by atoms with E-state index in [1.165, 1.54) is 16.5 Å². The maximum absolute atomic E-state index is 5.75. The van der Waals surface area contributed by atoms with Crippen LogP contribution in [0.1, 0.15) is 33.3 Å². The van der Waals surface area contributed by atoms with Crippen molar-refractivity contribution in [2.24, 2.45) is 0 Å². The molecule has 1 heterocycles. The van der Waals surface area contributed by atoms with E-state index in [1.807, 2.05) is 31.2 Å². The number of nitrogens with one attached hydrogen (secondary N) is 1. The van der Waals surface area contributed by atoms with E-state index in [0.29, 0.717) is 6.61 Å². The monoisotopic (exact) mass is 395 g/mol. The largest absolute Gasteiger partial charge is 0.494 e. The van der Waals surface area contributed by atoms with Crippen LogP contribution < -0.4 is 10.1 Å². The lowest BCUT2D eigenvalue weighted by molar-refractivity contribution is 0.340. The molecule has 3 rings (SSSR count). The molecule has 0 saturated carbocycles. The predicted octanol–water partition coefficient (Wildman–Crippen LogP) is 5.67. The predicted molar refractivity (Wildman–Crippen MR) is 122 cm³/mol. The Morgan fingerprint density at radius 3 is 2.46 bits per heavy atom. The lowest BCUT2D eigenvalue weighted by atomic mass is 10.1. The van der Waals surface area contributed by atoms with Gasteiger partial charge >= 0.3 is 0 Å². The van der Waals surface area contributed by atoms with Crippen molar-refractivity contribution in [1.82, 2.24) is 9.47 Å². The maximum atomic E-state index is 5.75. The van der Waals surface area contributed by atoms with E-state index < -0.39 is 0 Å². The summed E-state index contributed by atoms with van der Waals surface area (Å²) < 4.78 is 7.81. The third-order valence-electron chi connectivity index (χ3n) is 4.85. The van der Waals surface area contributed by atoms with Crippen molar-refractivity contribution in [2.45, 2.75) is 46.8 Å². The van der Waals surface area contributed by atoms with Crippen LogP contribution >= 0.6 is 12.2 Å². The highest BCUT2D eigenvalue weighted by Gasteiger charge is 2.17. The first-order valence-corrected chi connectivity index (χ1v) is 10.3. The molecule has 2 aromatic carbocycles. The Bertz CT molecular complexity index is 931. The number of hydrogen-bond donors (Lipinski definition) is 1. The van der Waals surface area contributed by atoms with Gasteiger partial charge in [0.1, 0.15) is 5.75 Å². The van der Waals surface area contributed by atoms with Crippen molar-refractivity contribution >= 4 is 33.9 Å². The number of fused-ring (bicyclic) bond motifs is 1. The van der Waals surface area contributed by atoms with E-state index in [0.717, 1.165) is 29.6 Å². The standard InChI is InChI=1S/C23H29N3OS/c1-5-25-15-18(21-9-7-8-10-22(21)25)16-26(17(3)4)23(28)24-19-11-13-20(14-12-19)27-6-2/h7-15,17H,5-6,16H2,1-4H3,(H,24,28). The molecule has 0 aliphatic carbocycles. The van der Waals surface area contributed by atoms with Crippen LogP contribution in [-0.2, 0) is 13.1 Å². The average Bonchev–Trinajstić information content (AvgIpc) is 3.05. The van der Waals surface area contributed by atoms with Crippen molar-refractivity contribution in [2.75, 3.05) is 11.9 Å². The maximum Gasteiger partial charge on any atom is 0.173 e. The second kappa shape index (κ2) is 9.11. The summed E-state index contributed by atoms with van der Waals surface area (Å²) in [6, 6.07) is 16.8. The Labute approximate surface area is 173 Å². The van der Waals surface area contributed by atoms with Gasteiger partial charge in [0.2, 0.25) is 0 Å². The number of thiocarbonyl (C=S) groups is 1. The topological polar surface area (TPSA) is 29.4 Å². The van der Waals surface area contributed by atoms with Crippen LogP contribution in [0.4, 0.5) is 5.69 Å². The van der Waals surface area contributed by atoms with Crippen molar-refractivity contribution in [3.8, 4) is 5.75 Å². The molecule has 0 atom stereocenters. The molecule has 5 heteroatoms. The minimum Gasteiger partial charge on any atom is -0.494 e. The Hall–Kier alpha value is -2.53. The van der Waals surface area contributed by atoms with E-state index in [9.17, 15) is 0 Å². The third kappa shape index (κ3) is 4.47. The molecule has 0 amide bonds. The van der Waals surface area contributed by atoms with Gasteiger partial charge in [-0.05, 0) is 75.8 Å². The number of nitrogens with zero attached hydrogens (tertiary/aromatic N) is 2. The molecule has 0 radical (unpaired) electrons. The second-order valence-electron chi connectivity index (χ2n) is 7.07. The second-order valence-corrected chi connectivity index (χ2v) is 7.45. The number of para-hydroxylation sites is 1. The summed E-state index contributed by atoms with van der Waals surface area (Å²) in [6.07, 6.45) is 2.25. The lowest BCUT2D eigenvalue weighted by Gasteiger charge is -2.29. The molecule has 4 nitrogen and oxygen atoms in total. The highest BCUT2D eigenvalue weighted by Crippen LogP contribution is 2.24. The first kappa shape index (κ1) is 20.2. The van der Waals surface area contributed by atoms with Crippen molar-refractivity contribution < 1.29 is 4.74 Å². The molecule has 0 spiro atoms. The minimum atomic E-state index is 0.284. The Morgan fingerprint density at radius 2 is 1.82 bits per heavy atom. The van der Waals surface area contributed by atoms with Gasteiger partial charge in [0.25, 0.3) is 0 Å². The van der Waals surface area contributed by atoms with Crippen LogP contribution in [0.3, 0.4) is 0 Å². The fraction of sp³-hybridized carbons (Fsp3) is 0.348. The highest BCUT2D eigenvalue weighted by atomic mass is 32.1. The summed E-state index contributed by atoms with van der Waals surface area (Å²) in [5.74, 6) is 0.868. The van der Waals surface area contributed by atoms with E-state index >= 15 is 0 Å². The van der Waals surface area contributed by atoms with Gasteiger partial charge in [-0.3, -0.25) is 0 Å². The van der Waals surface area contributed by atoms with Crippen LogP contribution in [0.15, 0.2) is 54.7 Å². The molecule has 148 valence electrons. The number of anilines is 1. The average molecular weight is 396 g/mol. The summed E-state index contributed by atoms with van der Waals surface area (Å²) in [7, 11) is 0. The number of ether oxygens (including phenoxy) is 1. The normalized spacial score (nSPS) is 11.0. The number of rotatable bonds is 7. The van der Waals surface area contributed by atoms with Crippen LogP contribution in [-0.4, -0.2) is 27.2 Å². The zero-order valence-electron chi connectivity index (χ0n) is 17.1. The summed E-state index contributed by atoms with van der Waals surface area (Å²) in [4.78, 5) is 2.23. The molecule has 0 bridgehead atoms. The third-order valence-corrected chi connectivity index (χ3v) is 5.19. The SMILES string of the molecule is CCOc1ccc(NC(=S)N(Cc2cn(CC)c3ccccc23)C(C)C)cc1. The van der Waals surface area contributed by atoms with Gasteiger partial charge < -0.3 is 19.5 Å². The summed E-state index contributed by atoms with van der Waals surface area (Å²) >= 11 is 5.75. The van der Waals surface area contributed by atoms with Gasteiger partial charge in [0, 0.05) is 41.9 Å². The quantitative estimate of drug-likeness (QED) is 0.522. The van der Waals surface area contributed by atoms with Gasteiger partial charge in [-0.25, -0.2) is 0 Å². The Balaban J connectivity index is 1.79. The van der Waals surface area contributed by atoms with Crippen LogP contribution in [0.5, 0.6) is 5.75 Å². The van der Waals surface area contributed by atoms with E-state index in [1.54, 1.807) is 0 Å². The van der Waals surface area contributed by atoms with Crippen LogP contribution in [0, 0.1) is 0 Å². The first-order chi connectivity index (χ1) is 13.5. The Kier molecular flexibility index (Phi) is 6.57. The van der Waals surface area contributed by atoms with E-state index in [-0.39, 0.29) is 6.04 Å². The van der Waals surface area contributed by atoms with E-state index in [4.69, 9.17) is 17.0 Å². The van der Waals surface area contributed by atoms with Gasteiger partial charge in [-0.2, -0.15) is 0 Å². The van der Waals surface area contributed by atoms with Crippen LogP contribution in [0.25, 0.3) is 10.9 Å². The molecule has 28 heavy (non-hydrogen) atoms. The summed E-state index contributed by atoms with van der Waals surface area (Å²) in [6.45, 7) is 10.9. The van der Waals surface area contributed by atoms with Crippen molar-refractivity contribution in [3.63, 3.8) is 0 Å². The molecule has 0 unspecified atom stereocenters. The lowest BCUT2D eigenvalue weighted by Crippen LogP contribution is -2.39. The smallest absolute Gasteiger partial charge is 0.173 e. The fourth-order valence-corrected chi connectivity index (χ4v) is 3.77. The molecular weight excluding hydrogens is 366 g/mol. The molecule has 1 N–H and O–H groups in total. The summed E-state index contributed by atoms with van der Waals surface area (Å²) in [5, 5.41) is 5.40. The van der Waals surface area contributed by atoms with Gasteiger partial charge in [-0.1, -0.05) is 18.2 Å². The molecule has 0 fully saturated rings. The van der Waals surface area contributed by atoms with Crippen LogP contribution in [0.2, 0.25) is 0 Å². The summed E-state index contributed by atoms with van der Waals surface area (Å²) in [5.41, 5.74) is 3.53. The Morgan fingerprint density at radius 1 is 1.11 bits per heavy atom. The van der Waals surface area contributed by atoms with Gasteiger partial charge in [0.15, 0.2) is 5.11 Å². The zero-order valence-corrected chi connectivity index (χ0v) is 17.9. The van der Waals surface area contributed by atoms with Crippen molar-refractivity contribution in [1.29, 1.82) is 0 Å². The molecular formula is C23H29N3OS. The fourth-order valence-electron chi connectivity index (χ4n) is 3.38. The van der Waals surface area contributed by atoms with Crippen molar-refractivity contribution in [3.05, 3.63) is 60.3 Å². The van der Waals surface area contributed by atoms with Gasteiger partial charge in [-0.15, -0.1) is 0 Å². The van der Waals surface area contributed by atoms with E-state index in [2.05, 4.69) is 66.0 Å². The molecule has 0 saturated heterocycles. The number of aromatic nitrogens is 1.